The van der Waals surface area contributed by atoms with E-state index in [1.54, 1.807) is 0 Å². The third-order valence-electron chi connectivity index (χ3n) is 1.94. The lowest BCUT2D eigenvalue weighted by Crippen LogP contribution is -2.10. The number of aliphatic carboxylic acids is 1. The van der Waals surface area contributed by atoms with Crippen molar-refractivity contribution in [3.05, 3.63) is 27.6 Å². The smallest absolute Gasteiger partial charge is 0.309 e. The largest absolute Gasteiger partial charge is 0.481 e. The Morgan fingerprint density at radius 3 is 2.65 bits per heavy atom. The van der Waals surface area contributed by atoms with Crippen LogP contribution in [0.3, 0.4) is 0 Å². The minimum atomic E-state index is -3.11. The molecule has 3 N–H and O–H groups in total. The molecule has 0 amide bonds. The van der Waals surface area contributed by atoms with Crippen LogP contribution in [0.15, 0.2) is 6.20 Å². The van der Waals surface area contributed by atoms with Crippen molar-refractivity contribution in [1.82, 2.24) is 4.98 Å². The summed E-state index contributed by atoms with van der Waals surface area (Å²) in [5.74, 6) is -1.32. The Balaban J connectivity index is 3.38. The molecular formula is C8H7F2N3O4. The van der Waals surface area contributed by atoms with E-state index in [9.17, 15) is 23.7 Å². The van der Waals surface area contributed by atoms with Crippen molar-refractivity contribution >= 4 is 17.3 Å². The fourth-order valence-corrected chi connectivity index (χ4v) is 1.22. The molecule has 9 heteroatoms. The van der Waals surface area contributed by atoms with Crippen LogP contribution in [0.4, 0.5) is 20.2 Å². The van der Waals surface area contributed by atoms with Gasteiger partial charge in [-0.15, -0.1) is 0 Å². The molecule has 1 aromatic rings. The highest BCUT2D eigenvalue weighted by atomic mass is 19.3. The Bertz CT molecular complexity index is 478. The highest BCUT2D eigenvalue weighted by molar-refractivity contribution is 5.75. The second-order valence-corrected chi connectivity index (χ2v) is 3.05. The first-order valence-electron chi connectivity index (χ1n) is 4.26. The molecule has 1 heterocycles. The molecule has 0 saturated carbocycles. The van der Waals surface area contributed by atoms with Gasteiger partial charge in [-0.3, -0.25) is 19.9 Å². The number of rotatable bonds is 4. The number of nitro groups is 1. The van der Waals surface area contributed by atoms with Crippen molar-refractivity contribution in [3.8, 4) is 0 Å². The van der Waals surface area contributed by atoms with E-state index in [0.29, 0.717) is 6.20 Å². The third-order valence-corrected chi connectivity index (χ3v) is 1.94. The highest BCUT2D eigenvalue weighted by Gasteiger charge is 2.28. The van der Waals surface area contributed by atoms with Gasteiger partial charge in [0, 0.05) is 6.20 Å². The molecule has 1 rings (SSSR count). The van der Waals surface area contributed by atoms with Crippen LogP contribution < -0.4 is 5.73 Å². The molecule has 0 aromatic carbocycles. The second kappa shape index (κ2) is 4.68. The van der Waals surface area contributed by atoms with Crippen LogP contribution in [0.1, 0.15) is 17.7 Å². The number of carboxylic acids is 1. The SMILES string of the molecule is Nc1c(CC(=O)O)ncc(C(F)F)c1[N+](=O)[O-]. The predicted octanol–water partition coefficient (Wildman–Crippen LogP) is 1.14. The van der Waals surface area contributed by atoms with E-state index in [2.05, 4.69) is 4.98 Å². The van der Waals surface area contributed by atoms with E-state index in [0.717, 1.165) is 0 Å². The fourth-order valence-electron chi connectivity index (χ4n) is 1.22. The van der Waals surface area contributed by atoms with E-state index >= 15 is 0 Å². The number of carboxylic acid groups (broad SMARTS) is 1. The summed E-state index contributed by atoms with van der Waals surface area (Å²) in [6, 6.07) is 0. The lowest BCUT2D eigenvalue weighted by molar-refractivity contribution is -0.385. The minimum absolute atomic E-state index is 0.311. The number of nitrogen functional groups attached to an aromatic ring is 1. The summed E-state index contributed by atoms with van der Waals surface area (Å²) in [5.41, 5.74) is 2.39. The van der Waals surface area contributed by atoms with Crippen molar-refractivity contribution in [2.24, 2.45) is 0 Å². The summed E-state index contributed by atoms with van der Waals surface area (Å²) in [5, 5.41) is 19.1. The van der Waals surface area contributed by atoms with Crippen molar-refractivity contribution in [2.45, 2.75) is 12.8 Å². The molecule has 0 fully saturated rings. The number of nitrogens with zero attached hydrogens (tertiary/aromatic N) is 2. The van der Waals surface area contributed by atoms with Gasteiger partial charge in [0.1, 0.15) is 11.3 Å². The van der Waals surface area contributed by atoms with Crippen molar-refractivity contribution in [3.63, 3.8) is 0 Å². The first kappa shape index (κ1) is 12.7. The zero-order chi connectivity index (χ0) is 13.2. The Morgan fingerprint density at radius 2 is 2.24 bits per heavy atom. The Kier molecular flexibility index (Phi) is 3.51. The summed E-state index contributed by atoms with van der Waals surface area (Å²) in [6.07, 6.45) is -3.21. The molecule has 0 bridgehead atoms. The molecule has 0 atom stereocenters. The van der Waals surface area contributed by atoms with E-state index in [4.69, 9.17) is 10.8 Å². The average molecular weight is 247 g/mol. The van der Waals surface area contributed by atoms with Gasteiger partial charge in [0.2, 0.25) is 0 Å². The molecule has 92 valence electrons. The number of nitrogens with two attached hydrogens (primary N) is 1. The van der Waals surface area contributed by atoms with E-state index in [-0.39, 0.29) is 5.69 Å². The van der Waals surface area contributed by atoms with Crippen LogP contribution in [0.2, 0.25) is 0 Å². The van der Waals surface area contributed by atoms with Crippen LogP contribution in [0.25, 0.3) is 0 Å². The van der Waals surface area contributed by atoms with Gasteiger partial charge < -0.3 is 10.8 Å². The zero-order valence-corrected chi connectivity index (χ0v) is 8.26. The highest BCUT2D eigenvalue weighted by Crippen LogP contribution is 2.34. The molecule has 17 heavy (non-hydrogen) atoms. The molecule has 0 saturated heterocycles. The predicted molar refractivity (Wildman–Crippen MR) is 51.6 cm³/mol. The van der Waals surface area contributed by atoms with Gasteiger partial charge in [0.05, 0.1) is 17.0 Å². The summed E-state index contributed by atoms with van der Waals surface area (Å²) < 4.78 is 24.9. The molecule has 0 aliphatic carbocycles. The number of halogens is 2. The molecule has 0 radical (unpaired) electrons. The van der Waals surface area contributed by atoms with Gasteiger partial charge >= 0.3 is 11.7 Å². The molecule has 0 aliphatic rings. The quantitative estimate of drug-likeness (QED) is 0.608. The van der Waals surface area contributed by atoms with Crippen LogP contribution in [-0.4, -0.2) is 21.0 Å². The molecule has 1 aromatic heterocycles. The summed E-state index contributed by atoms with van der Waals surface area (Å²) in [7, 11) is 0. The van der Waals surface area contributed by atoms with Gasteiger partial charge in [-0.25, -0.2) is 8.78 Å². The maximum Gasteiger partial charge on any atom is 0.309 e. The number of aromatic nitrogens is 1. The van der Waals surface area contributed by atoms with Crippen LogP contribution in [0, 0.1) is 10.1 Å². The van der Waals surface area contributed by atoms with Gasteiger partial charge in [0.25, 0.3) is 6.43 Å². The van der Waals surface area contributed by atoms with Gasteiger partial charge in [-0.2, -0.15) is 0 Å². The minimum Gasteiger partial charge on any atom is -0.481 e. The molecule has 0 aliphatic heterocycles. The summed E-state index contributed by atoms with van der Waals surface area (Å²) in [4.78, 5) is 23.3. The second-order valence-electron chi connectivity index (χ2n) is 3.05. The van der Waals surface area contributed by atoms with E-state index in [1.807, 2.05) is 0 Å². The van der Waals surface area contributed by atoms with Crippen LogP contribution >= 0.6 is 0 Å². The zero-order valence-electron chi connectivity index (χ0n) is 8.26. The standard InChI is InChI=1S/C8H7F2N3O4/c9-8(10)3-2-12-4(1-5(14)15)6(11)7(3)13(16)17/h2,8H,1,11H2,(H,14,15). The number of hydrogen-bond acceptors (Lipinski definition) is 5. The Labute approximate surface area is 93.0 Å². The normalized spacial score (nSPS) is 10.5. The fraction of sp³-hybridized carbons (Fsp3) is 0.250. The average Bonchev–Trinajstić information content (AvgIpc) is 2.19. The molecule has 7 nitrogen and oxygen atoms in total. The van der Waals surface area contributed by atoms with Gasteiger partial charge in [-0.05, 0) is 0 Å². The molecule has 0 spiro atoms. The maximum absolute atomic E-state index is 12.4. The lowest BCUT2D eigenvalue weighted by Gasteiger charge is -2.07. The number of alkyl halides is 2. The number of anilines is 1. The summed E-state index contributed by atoms with van der Waals surface area (Å²) in [6.45, 7) is 0. The third kappa shape index (κ3) is 2.62. The number of pyridine rings is 1. The lowest BCUT2D eigenvalue weighted by atomic mass is 10.1. The number of carbonyl (C=O) groups is 1. The molecular weight excluding hydrogens is 240 g/mol. The molecule has 0 unspecified atom stereocenters. The van der Waals surface area contributed by atoms with E-state index in [1.165, 1.54) is 0 Å². The van der Waals surface area contributed by atoms with Gasteiger partial charge in [-0.1, -0.05) is 0 Å². The van der Waals surface area contributed by atoms with E-state index < -0.39 is 40.7 Å². The van der Waals surface area contributed by atoms with Crippen molar-refractivity contribution in [2.75, 3.05) is 5.73 Å². The number of hydrogen-bond donors (Lipinski definition) is 2. The monoisotopic (exact) mass is 247 g/mol. The first-order chi connectivity index (χ1) is 7.84. The Hall–Kier alpha value is -2.32. The van der Waals surface area contributed by atoms with Crippen molar-refractivity contribution in [1.29, 1.82) is 0 Å². The van der Waals surface area contributed by atoms with Gasteiger partial charge in [0.15, 0.2) is 0 Å². The first-order valence-corrected chi connectivity index (χ1v) is 4.26. The Morgan fingerprint density at radius 1 is 1.65 bits per heavy atom. The van der Waals surface area contributed by atoms with Crippen LogP contribution in [0.5, 0.6) is 0 Å². The van der Waals surface area contributed by atoms with Crippen LogP contribution in [-0.2, 0) is 11.2 Å². The topological polar surface area (TPSA) is 119 Å². The van der Waals surface area contributed by atoms with Crippen molar-refractivity contribution < 1.29 is 23.6 Å². The summed E-state index contributed by atoms with van der Waals surface area (Å²) >= 11 is 0. The maximum atomic E-state index is 12.4.